The Kier molecular flexibility index (Phi) is 4.38. The van der Waals surface area contributed by atoms with Gasteiger partial charge in [0, 0.05) is 35.0 Å². The van der Waals surface area contributed by atoms with Gasteiger partial charge in [0.2, 0.25) is 0 Å². The number of hydrogen-bond acceptors (Lipinski definition) is 3. The number of rotatable bonds is 5. The molecule has 1 atom stereocenters. The Morgan fingerprint density at radius 3 is 2.94 bits per heavy atom. The van der Waals surface area contributed by atoms with Gasteiger partial charge in [0.15, 0.2) is 0 Å². The fourth-order valence-corrected chi connectivity index (χ4v) is 2.19. The predicted molar refractivity (Wildman–Crippen MR) is 77.5 cm³/mol. The van der Waals surface area contributed by atoms with E-state index in [1.54, 1.807) is 0 Å². The molecular formula is C13H17BrN4. The molecule has 0 fully saturated rings. The molecule has 0 saturated carbocycles. The smallest absolute Gasteiger partial charge is 0.0667 e. The molecule has 1 aromatic carbocycles. The van der Waals surface area contributed by atoms with E-state index in [0.717, 1.165) is 22.3 Å². The number of nitrogens with zero attached hydrogens (tertiary/aromatic N) is 2. The first-order chi connectivity index (χ1) is 8.72. The summed E-state index contributed by atoms with van der Waals surface area (Å²) in [4.78, 5) is 0. The predicted octanol–water partition coefficient (Wildman–Crippen LogP) is 2.78. The van der Waals surface area contributed by atoms with Gasteiger partial charge >= 0.3 is 0 Å². The first kappa shape index (κ1) is 13.1. The molecule has 1 aromatic heterocycles. The van der Waals surface area contributed by atoms with Crippen molar-refractivity contribution < 1.29 is 0 Å². The zero-order chi connectivity index (χ0) is 13.0. The number of benzene rings is 1. The molecule has 0 saturated heterocycles. The van der Waals surface area contributed by atoms with Crippen LogP contribution in [0, 0.1) is 0 Å². The van der Waals surface area contributed by atoms with E-state index in [0.29, 0.717) is 6.54 Å². The third-order valence-corrected chi connectivity index (χ3v) is 3.27. The van der Waals surface area contributed by atoms with E-state index in [1.807, 2.05) is 41.3 Å². The van der Waals surface area contributed by atoms with Crippen LogP contribution in [-0.4, -0.2) is 16.3 Å². The average Bonchev–Trinajstić information content (AvgIpc) is 2.84. The molecule has 0 bridgehead atoms. The molecule has 18 heavy (non-hydrogen) atoms. The van der Waals surface area contributed by atoms with E-state index in [1.165, 1.54) is 0 Å². The Morgan fingerprint density at radius 2 is 2.33 bits per heavy atom. The van der Waals surface area contributed by atoms with Crippen molar-refractivity contribution in [2.24, 2.45) is 5.73 Å². The summed E-state index contributed by atoms with van der Waals surface area (Å²) in [6, 6.07) is 8.14. The summed E-state index contributed by atoms with van der Waals surface area (Å²) in [6.45, 7) is 3.46. The van der Waals surface area contributed by atoms with Crippen molar-refractivity contribution in [1.82, 2.24) is 9.78 Å². The fourth-order valence-electron chi connectivity index (χ4n) is 1.79. The number of anilines is 1. The van der Waals surface area contributed by atoms with Crippen LogP contribution < -0.4 is 11.1 Å². The zero-order valence-electron chi connectivity index (χ0n) is 10.3. The molecule has 3 N–H and O–H groups in total. The molecule has 0 aliphatic carbocycles. The summed E-state index contributed by atoms with van der Waals surface area (Å²) in [6.07, 6.45) is 3.90. The first-order valence-electron chi connectivity index (χ1n) is 5.97. The standard InChI is InChI=1S/C13H17BrN4/c1-2-18-9-10(8-16-18)13(7-15)17-12-5-3-4-11(14)6-12/h3-6,8-9,13,17H,2,7,15H2,1H3. The minimum Gasteiger partial charge on any atom is -0.377 e. The van der Waals surface area contributed by atoms with Crippen molar-refractivity contribution in [1.29, 1.82) is 0 Å². The van der Waals surface area contributed by atoms with Gasteiger partial charge in [0.1, 0.15) is 0 Å². The van der Waals surface area contributed by atoms with E-state index >= 15 is 0 Å². The Bertz CT molecular complexity index is 509. The lowest BCUT2D eigenvalue weighted by Crippen LogP contribution is -2.20. The molecule has 96 valence electrons. The third-order valence-electron chi connectivity index (χ3n) is 2.78. The van der Waals surface area contributed by atoms with Crippen molar-refractivity contribution in [3.05, 3.63) is 46.7 Å². The van der Waals surface area contributed by atoms with Crippen molar-refractivity contribution >= 4 is 21.6 Å². The van der Waals surface area contributed by atoms with Gasteiger partial charge in [0.05, 0.1) is 12.2 Å². The second kappa shape index (κ2) is 6.02. The van der Waals surface area contributed by atoms with Crippen LogP contribution in [0.4, 0.5) is 5.69 Å². The number of hydrogen-bond donors (Lipinski definition) is 2. The van der Waals surface area contributed by atoms with Crippen LogP contribution in [-0.2, 0) is 6.54 Å². The summed E-state index contributed by atoms with van der Waals surface area (Å²) in [5.74, 6) is 0. The zero-order valence-corrected chi connectivity index (χ0v) is 11.9. The highest BCUT2D eigenvalue weighted by Crippen LogP contribution is 2.21. The van der Waals surface area contributed by atoms with E-state index in [4.69, 9.17) is 5.73 Å². The number of nitrogens with one attached hydrogen (secondary N) is 1. The van der Waals surface area contributed by atoms with Gasteiger partial charge in [-0.1, -0.05) is 22.0 Å². The van der Waals surface area contributed by atoms with E-state index < -0.39 is 0 Å². The summed E-state index contributed by atoms with van der Waals surface area (Å²) < 4.78 is 2.95. The Hall–Kier alpha value is -1.33. The van der Waals surface area contributed by atoms with Gasteiger partial charge in [-0.15, -0.1) is 0 Å². The van der Waals surface area contributed by atoms with Gasteiger partial charge in [0.25, 0.3) is 0 Å². The molecule has 4 nitrogen and oxygen atoms in total. The number of nitrogens with two attached hydrogens (primary N) is 1. The molecule has 1 unspecified atom stereocenters. The summed E-state index contributed by atoms with van der Waals surface area (Å²) >= 11 is 3.46. The minimum absolute atomic E-state index is 0.0830. The highest BCUT2D eigenvalue weighted by molar-refractivity contribution is 9.10. The lowest BCUT2D eigenvalue weighted by atomic mass is 10.1. The Morgan fingerprint density at radius 1 is 1.50 bits per heavy atom. The Labute approximate surface area is 115 Å². The molecule has 1 heterocycles. The van der Waals surface area contributed by atoms with Crippen LogP contribution in [0.1, 0.15) is 18.5 Å². The second-order valence-electron chi connectivity index (χ2n) is 4.07. The minimum atomic E-state index is 0.0830. The van der Waals surface area contributed by atoms with Gasteiger partial charge in [-0.05, 0) is 25.1 Å². The van der Waals surface area contributed by atoms with Crippen LogP contribution in [0.5, 0.6) is 0 Å². The van der Waals surface area contributed by atoms with Crippen molar-refractivity contribution in [2.75, 3.05) is 11.9 Å². The SMILES string of the molecule is CCn1cc(C(CN)Nc2cccc(Br)c2)cn1. The van der Waals surface area contributed by atoms with Crippen LogP contribution in [0.15, 0.2) is 41.1 Å². The second-order valence-corrected chi connectivity index (χ2v) is 4.99. The number of aromatic nitrogens is 2. The molecule has 0 radical (unpaired) electrons. The summed E-state index contributed by atoms with van der Waals surface area (Å²) in [7, 11) is 0. The van der Waals surface area contributed by atoms with Gasteiger partial charge in [-0.3, -0.25) is 4.68 Å². The van der Waals surface area contributed by atoms with Gasteiger partial charge in [-0.25, -0.2) is 0 Å². The van der Waals surface area contributed by atoms with Crippen molar-refractivity contribution in [3.8, 4) is 0 Å². The quantitative estimate of drug-likeness (QED) is 0.893. The monoisotopic (exact) mass is 308 g/mol. The maximum Gasteiger partial charge on any atom is 0.0667 e. The maximum atomic E-state index is 5.83. The lowest BCUT2D eigenvalue weighted by molar-refractivity contribution is 0.658. The number of halogens is 1. The van der Waals surface area contributed by atoms with Gasteiger partial charge < -0.3 is 11.1 Å². The van der Waals surface area contributed by atoms with Crippen molar-refractivity contribution in [3.63, 3.8) is 0 Å². The topological polar surface area (TPSA) is 55.9 Å². The fraction of sp³-hybridized carbons (Fsp3) is 0.308. The average molecular weight is 309 g/mol. The van der Waals surface area contributed by atoms with Crippen LogP contribution in [0.3, 0.4) is 0 Å². The normalized spacial score (nSPS) is 12.4. The van der Waals surface area contributed by atoms with E-state index in [2.05, 4.69) is 33.3 Å². The molecular weight excluding hydrogens is 292 g/mol. The van der Waals surface area contributed by atoms with Crippen LogP contribution in [0.2, 0.25) is 0 Å². The molecule has 2 rings (SSSR count). The van der Waals surface area contributed by atoms with Crippen molar-refractivity contribution in [2.45, 2.75) is 19.5 Å². The van der Waals surface area contributed by atoms with E-state index in [9.17, 15) is 0 Å². The maximum absolute atomic E-state index is 5.83. The molecule has 0 amide bonds. The molecule has 0 aliphatic heterocycles. The highest BCUT2D eigenvalue weighted by atomic mass is 79.9. The molecule has 0 aliphatic rings. The highest BCUT2D eigenvalue weighted by Gasteiger charge is 2.11. The Balaban J connectivity index is 2.14. The number of aryl methyl sites for hydroxylation is 1. The molecule has 5 heteroatoms. The van der Waals surface area contributed by atoms with Crippen LogP contribution >= 0.6 is 15.9 Å². The van der Waals surface area contributed by atoms with E-state index in [-0.39, 0.29) is 6.04 Å². The lowest BCUT2D eigenvalue weighted by Gasteiger charge is -2.16. The van der Waals surface area contributed by atoms with Crippen LogP contribution in [0.25, 0.3) is 0 Å². The molecule has 0 spiro atoms. The largest absolute Gasteiger partial charge is 0.377 e. The molecule has 2 aromatic rings. The third kappa shape index (κ3) is 3.11. The summed E-state index contributed by atoms with van der Waals surface area (Å²) in [5, 5.41) is 7.69. The summed E-state index contributed by atoms with van der Waals surface area (Å²) in [5.41, 5.74) is 7.99. The van der Waals surface area contributed by atoms with Gasteiger partial charge in [-0.2, -0.15) is 5.10 Å². The first-order valence-corrected chi connectivity index (χ1v) is 6.76.